The molecule has 0 aromatic heterocycles. The van der Waals surface area contributed by atoms with Crippen LogP contribution < -0.4 is 0 Å². The van der Waals surface area contributed by atoms with Gasteiger partial charge in [0, 0.05) is 38.8 Å². The monoisotopic (exact) mass is 252 g/mol. The maximum absolute atomic E-state index is 10.7. The number of carbonyl (C=O) groups is 1. The molecule has 0 radical (unpaired) electrons. The Hall–Kier alpha value is -1.95. The number of carboxylic acid groups (broad SMARTS) is 1. The van der Waals surface area contributed by atoms with Gasteiger partial charge in [0.15, 0.2) is 0 Å². The third-order valence-corrected chi connectivity index (χ3v) is 3.01. The molecule has 0 saturated carbocycles. The van der Waals surface area contributed by atoms with E-state index in [1.54, 1.807) is 12.1 Å². The molecule has 0 atom stereocenters. The Morgan fingerprint density at radius 2 is 1.61 bits per heavy atom. The summed E-state index contributed by atoms with van der Waals surface area (Å²) in [6, 6.07) is 4.48. The lowest BCUT2D eigenvalue weighted by Gasteiger charge is -2.33. The molecular formula is C12H16N2O4. The molecule has 6 nitrogen and oxygen atoms in total. The lowest BCUT2D eigenvalue weighted by molar-refractivity contribution is 0.103. The predicted molar refractivity (Wildman–Crippen MR) is 64.6 cm³/mol. The number of benzene rings is 1. The summed E-state index contributed by atoms with van der Waals surface area (Å²) in [5.74, 6) is 0.0725. The number of hydrogen-bond donors (Lipinski definition) is 3. The van der Waals surface area contributed by atoms with Crippen molar-refractivity contribution in [3.05, 3.63) is 23.8 Å². The molecule has 0 bridgehead atoms. The van der Waals surface area contributed by atoms with E-state index in [-0.39, 0.29) is 11.5 Å². The number of aromatic hydroxyl groups is 2. The minimum Gasteiger partial charge on any atom is -0.508 e. The molecule has 2 rings (SSSR count). The van der Waals surface area contributed by atoms with Crippen LogP contribution in [0.4, 0.5) is 4.79 Å². The highest BCUT2D eigenvalue weighted by atomic mass is 16.4. The molecule has 1 saturated heterocycles. The maximum atomic E-state index is 10.7. The van der Waals surface area contributed by atoms with E-state index >= 15 is 0 Å². The molecule has 0 spiro atoms. The van der Waals surface area contributed by atoms with E-state index in [0.29, 0.717) is 32.7 Å². The lowest BCUT2D eigenvalue weighted by Crippen LogP contribution is -2.47. The fraction of sp³-hybridized carbons (Fsp3) is 0.417. The van der Waals surface area contributed by atoms with Crippen molar-refractivity contribution in [1.82, 2.24) is 9.80 Å². The van der Waals surface area contributed by atoms with E-state index in [0.717, 1.165) is 5.56 Å². The van der Waals surface area contributed by atoms with E-state index in [2.05, 4.69) is 4.90 Å². The first-order valence-corrected chi connectivity index (χ1v) is 5.77. The van der Waals surface area contributed by atoms with E-state index in [1.165, 1.54) is 11.0 Å². The van der Waals surface area contributed by atoms with Crippen molar-refractivity contribution in [2.24, 2.45) is 0 Å². The SMILES string of the molecule is O=C(O)N1CCN(Cc2cc(O)cc(O)c2)CC1. The van der Waals surface area contributed by atoms with Gasteiger partial charge in [0.1, 0.15) is 11.5 Å². The van der Waals surface area contributed by atoms with Gasteiger partial charge >= 0.3 is 6.09 Å². The normalized spacial score (nSPS) is 16.8. The molecular weight excluding hydrogens is 236 g/mol. The van der Waals surface area contributed by atoms with E-state index in [4.69, 9.17) is 5.11 Å². The van der Waals surface area contributed by atoms with Gasteiger partial charge in [-0.3, -0.25) is 4.90 Å². The summed E-state index contributed by atoms with van der Waals surface area (Å²) in [4.78, 5) is 14.2. The Labute approximate surface area is 105 Å². The summed E-state index contributed by atoms with van der Waals surface area (Å²) < 4.78 is 0. The van der Waals surface area contributed by atoms with Crippen molar-refractivity contribution < 1.29 is 20.1 Å². The molecule has 1 fully saturated rings. The Morgan fingerprint density at radius 1 is 1.06 bits per heavy atom. The number of hydrogen-bond acceptors (Lipinski definition) is 4. The first-order chi connectivity index (χ1) is 8.54. The Kier molecular flexibility index (Phi) is 3.57. The Bertz CT molecular complexity index is 421. The van der Waals surface area contributed by atoms with Crippen molar-refractivity contribution in [1.29, 1.82) is 0 Å². The van der Waals surface area contributed by atoms with Gasteiger partial charge in [-0.05, 0) is 17.7 Å². The molecule has 1 aromatic rings. The van der Waals surface area contributed by atoms with Gasteiger partial charge in [-0.2, -0.15) is 0 Å². The van der Waals surface area contributed by atoms with E-state index in [9.17, 15) is 15.0 Å². The lowest BCUT2D eigenvalue weighted by atomic mass is 10.1. The smallest absolute Gasteiger partial charge is 0.407 e. The number of phenols is 2. The second-order valence-corrected chi connectivity index (χ2v) is 4.40. The van der Waals surface area contributed by atoms with Gasteiger partial charge in [0.2, 0.25) is 0 Å². The van der Waals surface area contributed by atoms with Crippen molar-refractivity contribution in [3.63, 3.8) is 0 Å². The maximum Gasteiger partial charge on any atom is 0.407 e. The molecule has 6 heteroatoms. The van der Waals surface area contributed by atoms with Crippen LogP contribution in [-0.2, 0) is 6.54 Å². The summed E-state index contributed by atoms with van der Waals surface area (Å²) >= 11 is 0. The molecule has 1 aromatic carbocycles. The predicted octanol–water partition coefficient (Wildman–Crippen LogP) is 0.893. The van der Waals surface area contributed by atoms with E-state index in [1.807, 2.05) is 0 Å². The highest BCUT2D eigenvalue weighted by molar-refractivity contribution is 5.65. The van der Waals surface area contributed by atoms with Crippen LogP contribution in [0.3, 0.4) is 0 Å². The van der Waals surface area contributed by atoms with Crippen LogP contribution in [0, 0.1) is 0 Å². The Morgan fingerprint density at radius 3 is 2.11 bits per heavy atom. The standard InChI is InChI=1S/C12H16N2O4/c15-10-5-9(6-11(16)7-10)8-13-1-3-14(4-2-13)12(17)18/h5-7,15-16H,1-4,8H2,(H,17,18). The summed E-state index contributed by atoms with van der Waals surface area (Å²) in [6.07, 6.45) is -0.885. The molecule has 98 valence electrons. The van der Waals surface area contributed by atoms with Crippen LogP contribution in [-0.4, -0.2) is 57.4 Å². The number of amides is 1. The van der Waals surface area contributed by atoms with Crippen LogP contribution in [0.1, 0.15) is 5.56 Å². The summed E-state index contributed by atoms with van der Waals surface area (Å²) in [7, 11) is 0. The average Bonchev–Trinajstić information content (AvgIpc) is 2.28. The van der Waals surface area contributed by atoms with Crippen molar-refractivity contribution >= 4 is 6.09 Å². The van der Waals surface area contributed by atoms with Crippen LogP contribution in [0.5, 0.6) is 11.5 Å². The van der Waals surface area contributed by atoms with Crippen LogP contribution in [0.25, 0.3) is 0 Å². The number of rotatable bonds is 2. The van der Waals surface area contributed by atoms with Crippen molar-refractivity contribution in [2.45, 2.75) is 6.54 Å². The highest BCUT2D eigenvalue weighted by Crippen LogP contribution is 2.21. The third kappa shape index (κ3) is 3.04. The van der Waals surface area contributed by atoms with Gasteiger partial charge in [0.25, 0.3) is 0 Å². The number of phenolic OH excluding ortho intramolecular Hbond substituents is 2. The second-order valence-electron chi connectivity index (χ2n) is 4.40. The number of piperazine rings is 1. The molecule has 3 N–H and O–H groups in total. The first-order valence-electron chi connectivity index (χ1n) is 5.77. The fourth-order valence-electron chi connectivity index (χ4n) is 2.10. The number of nitrogens with zero attached hydrogens (tertiary/aromatic N) is 2. The molecule has 1 aliphatic rings. The van der Waals surface area contributed by atoms with Crippen LogP contribution in [0.2, 0.25) is 0 Å². The molecule has 18 heavy (non-hydrogen) atoms. The second kappa shape index (κ2) is 5.14. The molecule has 1 amide bonds. The average molecular weight is 252 g/mol. The van der Waals surface area contributed by atoms with Crippen molar-refractivity contribution in [3.8, 4) is 11.5 Å². The highest BCUT2D eigenvalue weighted by Gasteiger charge is 2.20. The largest absolute Gasteiger partial charge is 0.508 e. The third-order valence-electron chi connectivity index (χ3n) is 3.01. The summed E-state index contributed by atoms with van der Waals surface area (Å²) in [5.41, 5.74) is 0.816. The van der Waals surface area contributed by atoms with Gasteiger partial charge in [0.05, 0.1) is 0 Å². The van der Waals surface area contributed by atoms with Crippen molar-refractivity contribution in [2.75, 3.05) is 26.2 Å². The molecule has 0 aliphatic carbocycles. The van der Waals surface area contributed by atoms with Gasteiger partial charge < -0.3 is 20.2 Å². The molecule has 0 unspecified atom stereocenters. The van der Waals surface area contributed by atoms with Crippen LogP contribution in [0.15, 0.2) is 18.2 Å². The molecule has 1 aliphatic heterocycles. The first kappa shape index (κ1) is 12.5. The zero-order valence-corrected chi connectivity index (χ0v) is 9.91. The topological polar surface area (TPSA) is 84.2 Å². The van der Waals surface area contributed by atoms with Gasteiger partial charge in [-0.25, -0.2) is 4.79 Å². The quantitative estimate of drug-likeness (QED) is 0.728. The Balaban J connectivity index is 1.93. The van der Waals surface area contributed by atoms with Gasteiger partial charge in [-0.15, -0.1) is 0 Å². The zero-order chi connectivity index (χ0) is 13.1. The molecule has 1 heterocycles. The summed E-state index contributed by atoms with van der Waals surface area (Å²) in [5, 5.41) is 27.6. The minimum atomic E-state index is -0.885. The minimum absolute atomic E-state index is 0.0363. The fourth-order valence-corrected chi connectivity index (χ4v) is 2.10. The zero-order valence-electron chi connectivity index (χ0n) is 9.91. The van der Waals surface area contributed by atoms with Gasteiger partial charge in [-0.1, -0.05) is 0 Å². The van der Waals surface area contributed by atoms with E-state index < -0.39 is 6.09 Å². The van der Waals surface area contributed by atoms with Crippen LogP contribution >= 0.6 is 0 Å². The summed E-state index contributed by atoms with van der Waals surface area (Å²) in [6.45, 7) is 2.88.